The summed E-state index contributed by atoms with van der Waals surface area (Å²) in [5, 5.41) is 9.36. The average molecular weight is 693 g/mol. The highest BCUT2D eigenvalue weighted by Crippen LogP contribution is 2.50. The molecule has 8 nitrogen and oxygen atoms in total. The van der Waals surface area contributed by atoms with Crippen LogP contribution in [0.15, 0.2) is 146 Å². The number of fused-ring (bicyclic) bond motifs is 22. The molecule has 53 heavy (non-hydrogen) atoms. The van der Waals surface area contributed by atoms with Gasteiger partial charge in [-0.15, -0.1) is 0 Å². The van der Waals surface area contributed by atoms with E-state index in [-0.39, 0.29) is 0 Å². The molecule has 0 aliphatic carbocycles. The van der Waals surface area contributed by atoms with Crippen molar-refractivity contribution in [1.29, 1.82) is 0 Å². The first-order valence-corrected chi connectivity index (χ1v) is 19.7. The van der Waals surface area contributed by atoms with Crippen LogP contribution in [0.3, 0.4) is 0 Å². The van der Waals surface area contributed by atoms with E-state index in [1.54, 1.807) is 0 Å². The van der Waals surface area contributed by atoms with Crippen LogP contribution in [0, 0.1) is 0 Å². The zero-order chi connectivity index (χ0) is 34.2. The molecule has 0 atom stereocenters. The van der Waals surface area contributed by atoms with Gasteiger partial charge in [0.25, 0.3) is 0 Å². The first-order valence-electron chi connectivity index (χ1n) is 17.9. The molecule has 0 saturated heterocycles. The summed E-state index contributed by atoms with van der Waals surface area (Å²) in [6.45, 7) is 0. The van der Waals surface area contributed by atoms with Gasteiger partial charge in [0.05, 0.1) is 44.1 Å². The van der Waals surface area contributed by atoms with Crippen molar-refractivity contribution in [1.82, 2.24) is 36.9 Å². The zero-order valence-corrected chi connectivity index (χ0v) is 28.9. The van der Waals surface area contributed by atoms with Gasteiger partial charge in [0.15, 0.2) is 23.3 Å². The highest BCUT2D eigenvalue weighted by Gasteiger charge is 2.62. The molecule has 0 fully saturated rings. The van der Waals surface area contributed by atoms with Gasteiger partial charge in [-0.25, -0.2) is 19.9 Å². The predicted octanol–water partition coefficient (Wildman–Crippen LogP) is 9.59. The van der Waals surface area contributed by atoms with Crippen molar-refractivity contribution < 1.29 is 0 Å². The topological polar surface area (TPSA) is 71.3 Å². The van der Waals surface area contributed by atoms with Crippen LogP contribution < -0.4 is 0 Å². The third kappa shape index (κ3) is 3.04. The smallest absolute Gasteiger partial charge is 0.295 e. The number of nitrogens with zero attached hydrogens (tertiary/aromatic N) is 8. The maximum atomic E-state index is 5.49. The molecule has 9 heteroatoms. The second-order valence-corrected chi connectivity index (χ2v) is 17.4. The van der Waals surface area contributed by atoms with Gasteiger partial charge in [-0.1, -0.05) is 97.1 Å². The van der Waals surface area contributed by atoms with Crippen molar-refractivity contribution in [3.05, 3.63) is 146 Å². The average Bonchev–Trinajstić information content (AvgIpc) is 4.01. The van der Waals surface area contributed by atoms with Gasteiger partial charge in [-0.05, 0) is 91.6 Å². The molecule has 2 aliphatic rings. The van der Waals surface area contributed by atoms with Gasteiger partial charge in [0, 0.05) is 0 Å². The van der Waals surface area contributed by atoms with Crippen LogP contribution in [0.5, 0.6) is 0 Å². The van der Waals surface area contributed by atoms with Gasteiger partial charge in [0.2, 0.25) is 0 Å². The zero-order valence-electron chi connectivity index (χ0n) is 27.9. The fraction of sp³-hybridized carbons (Fsp3) is 0. The Hall–Kier alpha value is -7.10. The minimum Gasteiger partial charge on any atom is -0.295 e. The van der Waals surface area contributed by atoms with E-state index in [9.17, 15) is 0 Å². The number of aromatic nitrogens is 8. The first-order chi connectivity index (χ1) is 26.2. The summed E-state index contributed by atoms with van der Waals surface area (Å²) in [7, 11) is -3.53. The quantitative estimate of drug-likeness (QED) is 0.149. The molecular weight excluding hydrogens is 669 g/mol. The van der Waals surface area contributed by atoms with E-state index >= 15 is 0 Å². The standard InChI is InChI=1S/C44H24N8Si/c1-5-13-29-21-37-33(17-25(29)9-1)45-41-42-46-34-18-26-10-2-6-14-30(26)22-38(34)50(42)53(49(37)41)51-39-23-31-15-7-3-11-27(31)19-35(39)47-43(51)44-48-36-20-28-12-4-8-16-32(28)24-40(36)52(44)53/h1-24H. The summed E-state index contributed by atoms with van der Waals surface area (Å²) in [5.74, 6) is 3.47. The molecule has 8 aromatic carbocycles. The van der Waals surface area contributed by atoms with E-state index in [1.807, 2.05) is 0 Å². The Bertz CT molecular complexity index is 3170. The molecule has 0 unspecified atom stereocenters. The monoisotopic (exact) mass is 692 g/mol. The van der Waals surface area contributed by atoms with Gasteiger partial charge < -0.3 is 0 Å². The van der Waals surface area contributed by atoms with E-state index in [2.05, 4.69) is 163 Å². The Morgan fingerprint density at radius 3 is 0.717 bits per heavy atom. The molecule has 6 heterocycles. The molecule has 0 radical (unpaired) electrons. The third-order valence-electron chi connectivity index (χ3n) is 11.7. The van der Waals surface area contributed by atoms with Crippen molar-refractivity contribution in [3.63, 3.8) is 0 Å². The van der Waals surface area contributed by atoms with Crippen molar-refractivity contribution >= 4 is 95.9 Å². The van der Waals surface area contributed by atoms with Crippen molar-refractivity contribution in [2.24, 2.45) is 0 Å². The Morgan fingerprint density at radius 1 is 0.283 bits per heavy atom. The maximum Gasteiger partial charge on any atom is 0.527 e. The van der Waals surface area contributed by atoms with E-state index < -0.39 is 8.72 Å². The van der Waals surface area contributed by atoms with Crippen LogP contribution in [0.4, 0.5) is 0 Å². The predicted molar refractivity (Wildman–Crippen MR) is 214 cm³/mol. The molecule has 0 bridgehead atoms. The normalized spacial score (nSPS) is 14.2. The molecule has 244 valence electrons. The fourth-order valence-electron chi connectivity index (χ4n) is 9.47. The summed E-state index contributed by atoms with van der Waals surface area (Å²) in [4.78, 5) is 22.0. The summed E-state index contributed by atoms with van der Waals surface area (Å²) >= 11 is 0. The highest BCUT2D eigenvalue weighted by atomic mass is 28.4. The van der Waals surface area contributed by atoms with E-state index in [0.717, 1.165) is 67.4 Å². The van der Waals surface area contributed by atoms with Crippen LogP contribution >= 0.6 is 0 Å². The molecule has 12 aromatic rings. The van der Waals surface area contributed by atoms with Crippen molar-refractivity contribution in [3.8, 4) is 23.3 Å². The lowest BCUT2D eigenvalue weighted by Gasteiger charge is -2.30. The van der Waals surface area contributed by atoms with Gasteiger partial charge >= 0.3 is 8.72 Å². The molecule has 0 saturated carbocycles. The van der Waals surface area contributed by atoms with Gasteiger partial charge in [-0.3, -0.25) is 16.9 Å². The molecule has 2 aliphatic heterocycles. The minimum atomic E-state index is -3.53. The van der Waals surface area contributed by atoms with Crippen LogP contribution in [-0.4, -0.2) is 45.6 Å². The van der Waals surface area contributed by atoms with Crippen molar-refractivity contribution in [2.75, 3.05) is 0 Å². The number of rotatable bonds is 0. The lowest BCUT2D eigenvalue weighted by Crippen LogP contribution is -2.59. The summed E-state index contributed by atoms with van der Waals surface area (Å²) in [5.41, 5.74) is 8.12. The Balaban J connectivity index is 1.26. The van der Waals surface area contributed by atoms with Gasteiger partial charge in [0.1, 0.15) is 0 Å². The second-order valence-electron chi connectivity index (χ2n) is 14.4. The van der Waals surface area contributed by atoms with E-state index in [1.165, 1.54) is 43.1 Å². The molecule has 1 spiro atoms. The van der Waals surface area contributed by atoms with Crippen LogP contribution in [0.1, 0.15) is 0 Å². The minimum absolute atomic E-state index is 0.867. The van der Waals surface area contributed by atoms with E-state index in [0.29, 0.717) is 0 Å². The summed E-state index contributed by atoms with van der Waals surface area (Å²) in [6.07, 6.45) is 0. The lowest BCUT2D eigenvalue weighted by atomic mass is 10.1. The Labute approximate surface area is 300 Å². The number of hydrogen-bond acceptors (Lipinski definition) is 4. The molecule has 0 N–H and O–H groups in total. The second kappa shape index (κ2) is 8.85. The van der Waals surface area contributed by atoms with Crippen LogP contribution in [0.25, 0.3) is 111 Å². The highest BCUT2D eigenvalue weighted by molar-refractivity contribution is 6.80. The summed E-state index contributed by atoms with van der Waals surface area (Å²) in [6, 6.07) is 52.5. The Morgan fingerprint density at radius 2 is 0.491 bits per heavy atom. The molecule has 14 rings (SSSR count). The maximum absolute atomic E-state index is 5.49. The fourth-order valence-corrected chi connectivity index (χ4v) is 14.4. The SMILES string of the molecule is c1ccc2cc3c(cc2c1)nc1n3[Si]2(n3c-1nc1cc4ccccc4cc13)n1c(nc3cc4ccccc4cc31)-c1nc3cc4ccccc4cc3n12. The van der Waals surface area contributed by atoms with Gasteiger partial charge in [-0.2, -0.15) is 0 Å². The molecule has 4 aromatic heterocycles. The van der Waals surface area contributed by atoms with E-state index in [4.69, 9.17) is 19.9 Å². The number of imidazole rings is 4. The summed E-state index contributed by atoms with van der Waals surface area (Å²) < 4.78 is 10.2. The third-order valence-corrected chi connectivity index (χ3v) is 15.9. The number of hydrogen-bond donors (Lipinski definition) is 0. The lowest BCUT2D eigenvalue weighted by molar-refractivity contribution is 0.956. The van der Waals surface area contributed by atoms with Crippen molar-refractivity contribution in [2.45, 2.75) is 0 Å². The molecular formula is C44H24N8Si. The largest absolute Gasteiger partial charge is 0.527 e. The molecule has 0 amide bonds. The van der Waals surface area contributed by atoms with Crippen LogP contribution in [-0.2, 0) is 0 Å². The van der Waals surface area contributed by atoms with Crippen LogP contribution in [0.2, 0.25) is 0 Å². The number of benzene rings is 8. The Kier molecular flexibility index (Phi) is 4.45. The first kappa shape index (κ1) is 26.7.